The van der Waals surface area contributed by atoms with Gasteiger partial charge in [-0.25, -0.2) is 10.5 Å². The van der Waals surface area contributed by atoms with Crippen LogP contribution >= 0.6 is 0 Å². The van der Waals surface area contributed by atoms with Gasteiger partial charge in [-0.3, -0.25) is 0 Å². The Morgan fingerprint density at radius 3 is 2.20 bits per heavy atom. The second-order valence-electron chi connectivity index (χ2n) is 0.432. The Labute approximate surface area is 29.7 Å². The van der Waals surface area contributed by atoms with Gasteiger partial charge in [0.1, 0.15) is 7.11 Å². The number of amides is 1. The van der Waals surface area contributed by atoms with Crippen molar-refractivity contribution in [1.29, 1.82) is 0 Å². The zero-order valence-corrected chi connectivity index (χ0v) is 2.52. The molecular formula is C2H3NO2. The van der Waals surface area contributed by atoms with Gasteiger partial charge in [-0.1, -0.05) is 0 Å². The molecule has 0 aliphatic heterocycles. The van der Waals surface area contributed by atoms with E-state index >= 15 is 0 Å². The molecule has 0 aromatic heterocycles. The van der Waals surface area contributed by atoms with Gasteiger partial charge in [0.25, 0.3) is 0 Å². The van der Waals surface area contributed by atoms with Crippen LogP contribution in [0, 0.1) is 7.11 Å². The third-order valence-corrected chi connectivity index (χ3v) is 0.131. The van der Waals surface area contributed by atoms with Crippen molar-refractivity contribution in [3.8, 4) is 0 Å². The molecule has 0 aliphatic carbocycles. The van der Waals surface area contributed by atoms with E-state index in [0.29, 0.717) is 0 Å². The van der Waals surface area contributed by atoms with Crippen molar-refractivity contribution in [3.63, 3.8) is 0 Å². The van der Waals surface area contributed by atoms with E-state index in [-0.39, 0.29) is 0 Å². The van der Waals surface area contributed by atoms with Gasteiger partial charge < -0.3 is 4.74 Å². The molecule has 0 aromatic carbocycles. The molecule has 0 saturated heterocycles. The average Bonchev–Trinajstić information content (AvgIpc) is 1.38. The lowest BCUT2D eigenvalue weighted by atomic mass is 11.3. The van der Waals surface area contributed by atoms with Crippen LogP contribution in [0.5, 0.6) is 0 Å². The zero-order chi connectivity index (χ0) is 4.28. The number of ether oxygens (including phenoxy) is 1. The number of hydrogen-bond acceptors (Lipinski definition) is 2. The highest BCUT2D eigenvalue weighted by molar-refractivity contribution is 5.63. The van der Waals surface area contributed by atoms with E-state index in [9.17, 15) is 4.79 Å². The Hall–Kier alpha value is -0.730. The second-order valence-corrected chi connectivity index (χ2v) is 0.432. The van der Waals surface area contributed by atoms with E-state index in [1.54, 1.807) is 0 Å². The van der Waals surface area contributed by atoms with Gasteiger partial charge in [0.05, 0.1) is 0 Å². The summed E-state index contributed by atoms with van der Waals surface area (Å²) in [6.07, 6.45) is -1.11. The third-order valence-electron chi connectivity index (χ3n) is 0.131. The summed E-state index contributed by atoms with van der Waals surface area (Å²) in [4.78, 5) is 9.19. The van der Waals surface area contributed by atoms with Gasteiger partial charge in [0, 0.05) is 0 Å². The quantitative estimate of drug-likeness (QED) is 0.411. The number of carbonyl (C=O) groups is 1. The minimum atomic E-state index is -1.11. The van der Waals surface area contributed by atoms with E-state index in [0.717, 1.165) is 0 Å². The standard InChI is InChI=1S/C2H3NO2/c1-5-2(3)4/h3H,1H2. The van der Waals surface area contributed by atoms with Gasteiger partial charge in [0.2, 0.25) is 0 Å². The molecule has 1 amide bonds. The van der Waals surface area contributed by atoms with Crippen molar-refractivity contribution in [2.24, 2.45) is 0 Å². The molecule has 0 rings (SSSR count). The van der Waals surface area contributed by atoms with E-state index in [1.807, 2.05) is 0 Å². The molecule has 3 nitrogen and oxygen atoms in total. The first-order valence-corrected chi connectivity index (χ1v) is 0.947. The van der Waals surface area contributed by atoms with Crippen LogP contribution in [0.25, 0.3) is 0 Å². The van der Waals surface area contributed by atoms with Crippen LogP contribution < -0.4 is 5.73 Å². The van der Waals surface area contributed by atoms with E-state index in [1.165, 1.54) is 0 Å². The summed E-state index contributed by atoms with van der Waals surface area (Å²) in [6, 6.07) is 0. The van der Waals surface area contributed by atoms with Crippen molar-refractivity contribution in [1.82, 2.24) is 5.73 Å². The van der Waals surface area contributed by atoms with Crippen LogP contribution in [0.3, 0.4) is 0 Å². The van der Waals surface area contributed by atoms with Crippen molar-refractivity contribution in [2.45, 2.75) is 0 Å². The molecule has 0 aliphatic rings. The summed E-state index contributed by atoms with van der Waals surface area (Å²) in [5.41, 5.74) is 5.90. The SMILES string of the molecule is [CH2]OC([NH])=O. The highest BCUT2D eigenvalue weighted by atomic mass is 16.5. The third kappa shape index (κ3) is 3.27. The summed E-state index contributed by atoms with van der Waals surface area (Å²) in [5, 5.41) is 0. The highest BCUT2D eigenvalue weighted by Gasteiger charge is 1.79. The topological polar surface area (TPSA) is 50.1 Å². The molecule has 0 spiro atoms. The molecule has 1 N–H and O–H groups in total. The van der Waals surface area contributed by atoms with Gasteiger partial charge in [-0.15, -0.1) is 0 Å². The Morgan fingerprint density at radius 1 is 2.00 bits per heavy atom. The molecule has 0 atom stereocenters. The number of carbonyl (C=O) groups excluding carboxylic acids is 1. The average molecular weight is 73.1 g/mol. The molecule has 0 aromatic rings. The maximum Gasteiger partial charge on any atom is 0.426 e. The number of hydrogen-bond donors (Lipinski definition) is 0. The monoisotopic (exact) mass is 73.0 g/mol. The van der Waals surface area contributed by atoms with E-state index < -0.39 is 6.09 Å². The zero-order valence-electron chi connectivity index (χ0n) is 2.52. The van der Waals surface area contributed by atoms with E-state index in [2.05, 4.69) is 11.8 Å². The van der Waals surface area contributed by atoms with Crippen LogP contribution in [0.2, 0.25) is 0 Å². The van der Waals surface area contributed by atoms with Crippen LogP contribution in [-0.2, 0) is 4.74 Å². The minimum Gasteiger partial charge on any atom is -0.445 e. The number of rotatable bonds is 0. The maximum atomic E-state index is 9.19. The largest absolute Gasteiger partial charge is 0.445 e. The van der Waals surface area contributed by atoms with Crippen LogP contribution in [0.4, 0.5) is 4.79 Å². The molecule has 0 saturated carbocycles. The molecule has 28 valence electrons. The van der Waals surface area contributed by atoms with Crippen molar-refractivity contribution >= 4 is 6.09 Å². The molecule has 2 radical (unpaired) electrons. The lowest BCUT2D eigenvalue weighted by Crippen LogP contribution is -1.92. The van der Waals surface area contributed by atoms with Crippen molar-refractivity contribution < 1.29 is 9.53 Å². The smallest absolute Gasteiger partial charge is 0.426 e. The van der Waals surface area contributed by atoms with Crippen LogP contribution in [0.15, 0.2) is 0 Å². The van der Waals surface area contributed by atoms with Crippen molar-refractivity contribution in [3.05, 3.63) is 7.11 Å². The second kappa shape index (κ2) is 1.58. The predicted molar refractivity (Wildman–Crippen MR) is 14.9 cm³/mol. The molecule has 5 heavy (non-hydrogen) atoms. The summed E-state index contributed by atoms with van der Waals surface area (Å²) in [6.45, 7) is 0. The minimum absolute atomic E-state index is 1.11. The van der Waals surface area contributed by atoms with Gasteiger partial charge in [-0.2, -0.15) is 0 Å². The lowest BCUT2D eigenvalue weighted by molar-refractivity contribution is 0.192. The van der Waals surface area contributed by atoms with Gasteiger partial charge >= 0.3 is 6.09 Å². The Kier molecular flexibility index (Phi) is 1.35. The molecular weight excluding hydrogens is 70.0 g/mol. The fourth-order valence-corrected chi connectivity index (χ4v) is 0. The first kappa shape index (κ1) is 4.27. The fourth-order valence-electron chi connectivity index (χ4n) is 0. The summed E-state index contributed by atoms with van der Waals surface area (Å²) in [5.74, 6) is 0. The summed E-state index contributed by atoms with van der Waals surface area (Å²) >= 11 is 0. The molecule has 0 bridgehead atoms. The maximum absolute atomic E-state index is 9.19. The van der Waals surface area contributed by atoms with Crippen LogP contribution in [0.1, 0.15) is 0 Å². The first-order chi connectivity index (χ1) is 2.27. The predicted octanol–water partition coefficient (Wildman–Crippen LogP) is 0.197. The van der Waals surface area contributed by atoms with Gasteiger partial charge in [0.15, 0.2) is 0 Å². The molecule has 3 heteroatoms. The Bertz CT molecular complexity index is 42.9. The van der Waals surface area contributed by atoms with Gasteiger partial charge in [-0.05, 0) is 0 Å². The number of nitrogens with one attached hydrogen (secondary N) is 1. The normalized spacial score (nSPS) is 6.60. The highest BCUT2D eigenvalue weighted by Crippen LogP contribution is 1.62. The van der Waals surface area contributed by atoms with Crippen molar-refractivity contribution in [2.75, 3.05) is 0 Å². The first-order valence-electron chi connectivity index (χ1n) is 0.947. The van der Waals surface area contributed by atoms with E-state index in [4.69, 9.17) is 5.73 Å². The fraction of sp³-hybridized carbons (Fsp3) is 0. The molecule has 0 unspecified atom stereocenters. The lowest BCUT2D eigenvalue weighted by Gasteiger charge is -1.78. The molecule has 0 fully saturated rings. The molecule has 0 heterocycles. The Morgan fingerprint density at radius 2 is 2.20 bits per heavy atom. The summed E-state index contributed by atoms with van der Waals surface area (Å²) < 4.78 is 3.53. The summed E-state index contributed by atoms with van der Waals surface area (Å²) in [7, 11) is 2.65. The van der Waals surface area contributed by atoms with Crippen LogP contribution in [-0.4, -0.2) is 6.09 Å². The Balaban J connectivity index is 2.85.